The molecule has 3 aromatic rings. The number of nitro benzene ring substituents is 1. The second-order valence-corrected chi connectivity index (χ2v) is 5.45. The molecular weight excluding hydrogens is 355 g/mol. The molecule has 0 saturated carbocycles. The molecule has 1 amide bonds. The van der Waals surface area contributed by atoms with E-state index in [1.54, 1.807) is 13.1 Å². The fourth-order valence-electron chi connectivity index (χ4n) is 2.36. The number of non-ortho nitro benzene ring substituents is 1. The third-order valence-electron chi connectivity index (χ3n) is 3.64. The van der Waals surface area contributed by atoms with Gasteiger partial charge in [0.05, 0.1) is 17.2 Å². The van der Waals surface area contributed by atoms with Gasteiger partial charge in [-0.25, -0.2) is 9.07 Å². The molecule has 0 aliphatic carbocycles. The van der Waals surface area contributed by atoms with Crippen molar-refractivity contribution < 1.29 is 18.8 Å². The minimum Gasteiger partial charge on any atom is -0.491 e. The third-order valence-corrected chi connectivity index (χ3v) is 3.64. The molecule has 8 nitrogen and oxygen atoms in total. The number of nitrogens with zero attached hydrogens (tertiary/aromatic N) is 3. The fourth-order valence-corrected chi connectivity index (χ4v) is 2.36. The summed E-state index contributed by atoms with van der Waals surface area (Å²) >= 11 is 0. The molecule has 1 N–H and O–H groups in total. The maximum atomic E-state index is 13.9. The van der Waals surface area contributed by atoms with Crippen LogP contribution in [-0.4, -0.2) is 27.2 Å². The number of nitro groups is 1. The molecule has 2 aromatic carbocycles. The first-order chi connectivity index (χ1) is 13.0. The Kier molecular flexibility index (Phi) is 5.11. The van der Waals surface area contributed by atoms with Gasteiger partial charge in [0.15, 0.2) is 17.3 Å². The van der Waals surface area contributed by atoms with E-state index in [1.165, 1.54) is 47.1 Å². The van der Waals surface area contributed by atoms with Crippen molar-refractivity contribution in [3.63, 3.8) is 0 Å². The standard InChI is InChI=1S/C18H15FN4O4/c1-2-27-17-8-3-12(11-15(17)19)20-18(24)16-9-10-22(21-16)13-4-6-14(7-5-13)23(25)26/h3-11H,2H2,1H3,(H,20,24). The molecule has 0 aliphatic heterocycles. The maximum absolute atomic E-state index is 13.9. The lowest BCUT2D eigenvalue weighted by Crippen LogP contribution is -2.13. The molecular formula is C18H15FN4O4. The van der Waals surface area contributed by atoms with Crippen molar-refractivity contribution in [2.24, 2.45) is 0 Å². The summed E-state index contributed by atoms with van der Waals surface area (Å²) in [6.07, 6.45) is 1.55. The van der Waals surface area contributed by atoms with Gasteiger partial charge in [-0.15, -0.1) is 0 Å². The molecule has 0 aliphatic rings. The molecule has 3 rings (SSSR count). The highest BCUT2D eigenvalue weighted by Crippen LogP contribution is 2.21. The van der Waals surface area contributed by atoms with Crippen molar-refractivity contribution in [2.45, 2.75) is 6.92 Å². The lowest BCUT2D eigenvalue weighted by atomic mass is 10.2. The number of nitrogens with one attached hydrogen (secondary N) is 1. The van der Waals surface area contributed by atoms with Crippen LogP contribution >= 0.6 is 0 Å². The zero-order valence-electron chi connectivity index (χ0n) is 14.3. The molecule has 0 radical (unpaired) electrons. The molecule has 138 valence electrons. The van der Waals surface area contributed by atoms with E-state index in [1.807, 2.05) is 0 Å². The Bertz CT molecular complexity index is 985. The van der Waals surface area contributed by atoms with Crippen LogP contribution in [0.15, 0.2) is 54.7 Å². The number of aromatic nitrogens is 2. The number of carbonyl (C=O) groups excluding carboxylic acids is 1. The predicted molar refractivity (Wildman–Crippen MR) is 95.7 cm³/mol. The van der Waals surface area contributed by atoms with Gasteiger partial charge >= 0.3 is 0 Å². The number of rotatable bonds is 6. The van der Waals surface area contributed by atoms with Crippen molar-refractivity contribution in [3.05, 3.63) is 76.4 Å². The van der Waals surface area contributed by atoms with Crippen LogP contribution in [0, 0.1) is 15.9 Å². The lowest BCUT2D eigenvalue weighted by Gasteiger charge is -2.07. The van der Waals surface area contributed by atoms with E-state index >= 15 is 0 Å². The second-order valence-electron chi connectivity index (χ2n) is 5.45. The summed E-state index contributed by atoms with van der Waals surface area (Å²) in [5, 5.41) is 17.4. The van der Waals surface area contributed by atoms with Crippen LogP contribution in [0.1, 0.15) is 17.4 Å². The van der Waals surface area contributed by atoms with E-state index in [0.717, 1.165) is 6.07 Å². The summed E-state index contributed by atoms with van der Waals surface area (Å²) < 4.78 is 20.4. The van der Waals surface area contributed by atoms with Gasteiger partial charge in [0, 0.05) is 30.1 Å². The third kappa shape index (κ3) is 4.09. The van der Waals surface area contributed by atoms with Crippen LogP contribution in [0.4, 0.5) is 15.8 Å². The number of halogens is 1. The average molecular weight is 370 g/mol. The zero-order chi connectivity index (χ0) is 19.4. The molecule has 0 bridgehead atoms. The molecule has 1 aromatic heterocycles. The number of anilines is 1. The highest BCUT2D eigenvalue weighted by atomic mass is 19.1. The molecule has 0 unspecified atom stereocenters. The van der Waals surface area contributed by atoms with Gasteiger partial charge < -0.3 is 10.1 Å². The Morgan fingerprint density at radius 3 is 2.63 bits per heavy atom. The van der Waals surface area contributed by atoms with Crippen LogP contribution in [0.25, 0.3) is 5.69 Å². The van der Waals surface area contributed by atoms with Crippen molar-refractivity contribution in [3.8, 4) is 11.4 Å². The van der Waals surface area contributed by atoms with Crippen LogP contribution in [0.3, 0.4) is 0 Å². The fraction of sp³-hybridized carbons (Fsp3) is 0.111. The van der Waals surface area contributed by atoms with E-state index in [4.69, 9.17) is 4.74 Å². The molecule has 0 saturated heterocycles. The number of ether oxygens (including phenoxy) is 1. The molecule has 0 atom stereocenters. The van der Waals surface area contributed by atoms with E-state index < -0.39 is 16.6 Å². The van der Waals surface area contributed by atoms with Crippen LogP contribution in [0.5, 0.6) is 5.75 Å². The largest absolute Gasteiger partial charge is 0.491 e. The van der Waals surface area contributed by atoms with Gasteiger partial charge in [0.2, 0.25) is 0 Å². The Hall–Kier alpha value is -3.75. The zero-order valence-corrected chi connectivity index (χ0v) is 14.3. The van der Waals surface area contributed by atoms with Gasteiger partial charge in [-0.2, -0.15) is 5.10 Å². The number of amides is 1. The summed E-state index contributed by atoms with van der Waals surface area (Å²) in [7, 11) is 0. The smallest absolute Gasteiger partial charge is 0.276 e. The van der Waals surface area contributed by atoms with Gasteiger partial charge in [-0.05, 0) is 37.3 Å². The van der Waals surface area contributed by atoms with Crippen molar-refractivity contribution in [1.82, 2.24) is 9.78 Å². The Labute approximate surface area is 153 Å². The van der Waals surface area contributed by atoms with Gasteiger partial charge in [-0.1, -0.05) is 0 Å². The first kappa shape index (κ1) is 18.1. The highest BCUT2D eigenvalue weighted by Gasteiger charge is 2.13. The number of hydrogen-bond acceptors (Lipinski definition) is 5. The van der Waals surface area contributed by atoms with Crippen LogP contribution in [0.2, 0.25) is 0 Å². The van der Waals surface area contributed by atoms with Crippen LogP contribution < -0.4 is 10.1 Å². The van der Waals surface area contributed by atoms with E-state index in [-0.39, 0.29) is 22.8 Å². The van der Waals surface area contributed by atoms with Gasteiger partial charge in [0.1, 0.15) is 0 Å². The number of benzene rings is 2. The van der Waals surface area contributed by atoms with Crippen molar-refractivity contribution in [2.75, 3.05) is 11.9 Å². The second kappa shape index (κ2) is 7.65. The SMILES string of the molecule is CCOc1ccc(NC(=O)c2ccn(-c3ccc([N+](=O)[O-])cc3)n2)cc1F. The summed E-state index contributed by atoms with van der Waals surface area (Å²) in [6, 6.07) is 11.4. The van der Waals surface area contributed by atoms with Gasteiger partial charge in [0.25, 0.3) is 11.6 Å². The van der Waals surface area contributed by atoms with Crippen molar-refractivity contribution >= 4 is 17.3 Å². The average Bonchev–Trinajstić information content (AvgIpc) is 3.14. The van der Waals surface area contributed by atoms with Crippen LogP contribution in [-0.2, 0) is 0 Å². The normalized spacial score (nSPS) is 10.4. The molecule has 1 heterocycles. The first-order valence-corrected chi connectivity index (χ1v) is 8.02. The lowest BCUT2D eigenvalue weighted by molar-refractivity contribution is -0.384. The number of hydrogen-bond donors (Lipinski definition) is 1. The highest BCUT2D eigenvalue weighted by molar-refractivity contribution is 6.02. The predicted octanol–water partition coefficient (Wildman–Crippen LogP) is 3.57. The minimum atomic E-state index is -0.578. The van der Waals surface area contributed by atoms with E-state index in [0.29, 0.717) is 12.3 Å². The Morgan fingerprint density at radius 2 is 2.00 bits per heavy atom. The van der Waals surface area contributed by atoms with Gasteiger partial charge in [-0.3, -0.25) is 14.9 Å². The molecule has 0 spiro atoms. The van der Waals surface area contributed by atoms with Crippen molar-refractivity contribution in [1.29, 1.82) is 0 Å². The molecule has 27 heavy (non-hydrogen) atoms. The van der Waals surface area contributed by atoms with E-state index in [2.05, 4.69) is 10.4 Å². The number of carbonyl (C=O) groups is 1. The summed E-state index contributed by atoms with van der Waals surface area (Å²) in [6.45, 7) is 2.08. The Balaban J connectivity index is 1.73. The summed E-state index contributed by atoms with van der Waals surface area (Å²) in [4.78, 5) is 22.5. The summed E-state index contributed by atoms with van der Waals surface area (Å²) in [5.41, 5.74) is 0.904. The Morgan fingerprint density at radius 1 is 1.26 bits per heavy atom. The maximum Gasteiger partial charge on any atom is 0.276 e. The van der Waals surface area contributed by atoms with E-state index in [9.17, 15) is 19.3 Å². The monoisotopic (exact) mass is 370 g/mol. The first-order valence-electron chi connectivity index (χ1n) is 8.02. The topological polar surface area (TPSA) is 99.3 Å². The quantitative estimate of drug-likeness (QED) is 0.528. The minimum absolute atomic E-state index is 0.0404. The molecule has 0 fully saturated rings. The molecule has 9 heteroatoms. The summed E-state index contributed by atoms with van der Waals surface area (Å²) in [5.74, 6) is -0.983.